The number of hydrogen-bond acceptors (Lipinski definition) is 3. The molecule has 1 aromatic carbocycles. The molecule has 0 radical (unpaired) electrons. The SMILES string of the molecule is COc1cc(Br)c(C(=O)NC2CCCCCC2)cc1OC. The summed E-state index contributed by atoms with van der Waals surface area (Å²) in [6.45, 7) is 0. The second-order valence-corrected chi connectivity index (χ2v) is 6.20. The molecule has 0 aliphatic heterocycles. The Bertz CT molecular complexity index is 497. The van der Waals surface area contributed by atoms with Gasteiger partial charge in [0.2, 0.25) is 0 Å². The minimum Gasteiger partial charge on any atom is -0.493 e. The van der Waals surface area contributed by atoms with Crippen molar-refractivity contribution >= 4 is 21.8 Å². The maximum absolute atomic E-state index is 12.5. The van der Waals surface area contributed by atoms with E-state index in [9.17, 15) is 4.79 Å². The van der Waals surface area contributed by atoms with Crippen LogP contribution in [-0.2, 0) is 0 Å². The molecule has 1 fully saturated rings. The van der Waals surface area contributed by atoms with Crippen LogP contribution in [0.15, 0.2) is 16.6 Å². The number of amides is 1. The summed E-state index contributed by atoms with van der Waals surface area (Å²) in [5.74, 6) is 1.11. The van der Waals surface area contributed by atoms with Crippen molar-refractivity contribution in [1.82, 2.24) is 5.32 Å². The van der Waals surface area contributed by atoms with E-state index in [1.165, 1.54) is 25.7 Å². The molecule has 5 heteroatoms. The third-order valence-electron chi connectivity index (χ3n) is 3.91. The quantitative estimate of drug-likeness (QED) is 0.832. The van der Waals surface area contributed by atoms with Gasteiger partial charge in [0.15, 0.2) is 11.5 Å². The minimum atomic E-state index is -0.0604. The van der Waals surface area contributed by atoms with Crippen molar-refractivity contribution in [3.63, 3.8) is 0 Å². The summed E-state index contributed by atoms with van der Waals surface area (Å²) in [4.78, 5) is 12.5. The standard InChI is InChI=1S/C16H22BrNO3/c1-20-14-9-12(13(17)10-15(14)21-2)16(19)18-11-7-5-3-4-6-8-11/h9-11H,3-8H2,1-2H3,(H,18,19). The number of benzene rings is 1. The predicted molar refractivity (Wildman–Crippen MR) is 86.2 cm³/mol. The summed E-state index contributed by atoms with van der Waals surface area (Å²) in [6.07, 6.45) is 7.06. The first-order valence-corrected chi connectivity index (χ1v) is 8.17. The number of rotatable bonds is 4. The van der Waals surface area contributed by atoms with Gasteiger partial charge in [0.1, 0.15) is 0 Å². The fraction of sp³-hybridized carbons (Fsp3) is 0.562. The van der Waals surface area contributed by atoms with E-state index in [4.69, 9.17) is 9.47 Å². The van der Waals surface area contributed by atoms with Crippen LogP contribution in [-0.4, -0.2) is 26.2 Å². The van der Waals surface area contributed by atoms with E-state index < -0.39 is 0 Å². The van der Waals surface area contributed by atoms with Crippen molar-refractivity contribution in [3.8, 4) is 11.5 Å². The van der Waals surface area contributed by atoms with E-state index in [-0.39, 0.29) is 11.9 Å². The van der Waals surface area contributed by atoms with Crippen LogP contribution in [0.2, 0.25) is 0 Å². The molecule has 1 aromatic rings. The lowest BCUT2D eigenvalue weighted by molar-refractivity contribution is 0.0932. The van der Waals surface area contributed by atoms with Crippen LogP contribution < -0.4 is 14.8 Å². The zero-order valence-electron chi connectivity index (χ0n) is 12.6. The van der Waals surface area contributed by atoms with Crippen LogP contribution in [0.1, 0.15) is 48.9 Å². The molecular weight excluding hydrogens is 334 g/mol. The highest BCUT2D eigenvalue weighted by molar-refractivity contribution is 9.10. The third kappa shape index (κ3) is 4.13. The predicted octanol–water partition coefficient (Wildman–Crippen LogP) is 3.92. The lowest BCUT2D eigenvalue weighted by Gasteiger charge is -2.17. The Morgan fingerprint density at radius 1 is 1.10 bits per heavy atom. The summed E-state index contributed by atoms with van der Waals surface area (Å²) in [5.41, 5.74) is 0.580. The molecule has 0 unspecified atom stereocenters. The van der Waals surface area contributed by atoms with Crippen LogP contribution in [0.4, 0.5) is 0 Å². The van der Waals surface area contributed by atoms with Gasteiger partial charge in [-0.3, -0.25) is 4.79 Å². The molecule has 1 amide bonds. The van der Waals surface area contributed by atoms with E-state index >= 15 is 0 Å². The maximum atomic E-state index is 12.5. The summed E-state index contributed by atoms with van der Waals surface area (Å²) in [7, 11) is 3.15. The van der Waals surface area contributed by atoms with Gasteiger partial charge in [0.25, 0.3) is 5.91 Å². The molecule has 0 spiro atoms. The van der Waals surface area contributed by atoms with Gasteiger partial charge in [-0.2, -0.15) is 0 Å². The highest BCUT2D eigenvalue weighted by Crippen LogP contribution is 2.33. The first kappa shape index (κ1) is 16.1. The number of hydrogen-bond donors (Lipinski definition) is 1. The Labute approximate surface area is 134 Å². The number of carbonyl (C=O) groups excluding carboxylic acids is 1. The highest BCUT2D eigenvalue weighted by atomic mass is 79.9. The van der Waals surface area contributed by atoms with Gasteiger partial charge >= 0.3 is 0 Å². The normalized spacial score (nSPS) is 16.1. The van der Waals surface area contributed by atoms with Crippen LogP contribution >= 0.6 is 15.9 Å². The van der Waals surface area contributed by atoms with Crippen LogP contribution in [0.3, 0.4) is 0 Å². The molecule has 1 aliphatic rings. The largest absolute Gasteiger partial charge is 0.493 e. The molecule has 21 heavy (non-hydrogen) atoms. The monoisotopic (exact) mass is 355 g/mol. The molecule has 116 valence electrons. The van der Waals surface area contributed by atoms with Crippen molar-refractivity contribution in [1.29, 1.82) is 0 Å². The Morgan fingerprint density at radius 2 is 1.67 bits per heavy atom. The smallest absolute Gasteiger partial charge is 0.252 e. The number of carbonyl (C=O) groups is 1. The molecule has 1 aliphatic carbocycles. The van der Waals surface area contributed by atoms with E-state index in [0.717, 1.165) is 12.8 Å². The Morgan fingerprint density at radius 3 is 2.24 bits per heavy atom. The summed E-state index contributed by atoms with van der Waals surface area (Å²) < 4.78 is 11.2. The second kappa shape index (κ2) is 7.69. The summed E-state index contributed by atoms with van der Waals surface area (Å²) >= 11 is 3.44. The highest BCUT2D eigenvalue weighted by Gasteiger charge is 2.19. The lowest BCUT2D eigenvalue weighted by Crippen LogP contribution is -2.34. The topological polar surface area (TPSA) is 47.6 Å². The Kier molecular flexibility index (Phi) is 5.91. The molecule has 0 atom stereocenters. The minimum absolute atomic E-state index is 0.0604. The zero-order valence-corrected chi connectivity index (χ0v) is 14.2. The average molecular weight is 356 g/mol. The van der Waals surface area contributed by atoms with Gasteiger partial charge in [0.05, 0.1) is 19.8 Å². The Balaban J connectivity index is 2.14. The third-order valence-corrected chi connectivity index (χ3v) is 4.56. The molecule has 0 aromatic heterocycles. The fourth-order valence-electron chi connectivity index (χ4n) is 2.72. The molecule has 1 N–H and O–H groups in total. The molecule has 0 bridgehead atoms. The van der Waals surface area contributed by atoms with Crippen molar-refractivity contribution in [2.75, 3.05) is 14.2 Å². The van der Waals surface area contributed by atoms with Gasteiger partial charge in [-0.05, 0) is 40.9 Å². The van der Waals surface area contributed by atoms with Gasteiger partial charge < -0.3 is 14.8 Å². The van der Waals surface area contributed by atoms with E-state index in [1.807, 2.05) is 0 Å². The molecule has 2 rings (SSSR count). The van der Waals surface area contributed by atoms with Crippen LogP contribution in [0.5, 0.6) is 11.5 Å². The number of methoxy groups -OCH3 is 2. The first-order chi connectivity index (χ1) is 10.2. The van der Waals surface area contributed by atoms with E-state index in [0.29, 0.717) is 21.5 Å². The van der Waals surface area contributed by atoms with Gasteiger partial charge in [-0.1, -0.05) is 25.7 Å². The average Bonchev–Trinajstić information content (AvgIpc) is 2.75. The van der Waals surface area contributed by atoms with Crippen LogP contribution in [0, 0.1) is 0 Å². The molecule has 0 heterocycles. The summed E-state index contributed by atoms with van der Waals surface area (Å²) in [6, 6.07) is 3.76. The number of ether oxygens (including phenoxy) is 2. The van der Waals surface area contributed by atoms with Gasteiger partial charge in [-0.25, -0.2) is 0 Å². The number of halogens is 1. The molecule has 4 nitrogen and oxygen atoms in total. The van der Waals surface area contributed by atoms with Crippen molar-refractivity contribution in [2.24, 2.45) is 0 Å². The first-order valence-electron chi connectivity index (χ1n) is 7.38. The zero-order chi connectivity index (χ0) is 15.2. The molecule has 0 saturated heterocycles. The Hall–Kier alpha value is -1.23. The molecule has 1 saturated carbocycles. The van der Waals surface area contributed by atoms with Crippen molar-refractivity contribution in [2.45, 2.75) is 44.6 Å². The second-order valence-electron chi connectivity index (χ2n) is 5.35. The van der Waals surface area contributed by atoms with Crippen molar-refractivity contribution < 1.29 is 14.3 Å². The molecular formula is C16H22BrNO3. The van der Waals surface area contributed by atoms with Gasteiger partial charge in [-0.15, -0.1) is 0 Å². The van der Waals surface area contributed by atoms with E-state index in [1.54, 1.807) is 26.4 Å². The maximum Gasteiger partial charge on any atom is 0.252 e. The summed E-state index contributed by atoms with van der Waals surface area (Å²) in [5, 5.41) is 3.14. The lowest BCUT2D eigenvalue weighted by atomic mass is 10.1. The van der Waals surface area contributed by atoms with Crippen molar-refractivity contribution in [3.05, 3.63) is 22.2 Å². The van der Waals surface area contributed by atoms with Crippen LogP contribution in [0.25, 0.3) is 0 Å². The number of nitrogens with one attached hydrogen (secondary N) is 1. The van der Waals surface area contributed by atoms with Gasteiger partial charge in [0, 0.05) is 10.5 Å². The fourth-order valence-corrected chi connectivity index (χ4v) is 3.22. The van der Waals surface area contributed by atoms with E-state index in [2.05, 4.69) is 21.2 Å².